The predicted molar refractivity (Wildman–Crippen MR) is 47.6 cm³/mol. The second-order valence-corrected chi connectivity index (χ2v) is 3.34. The van der Waals surface area contributed by atoms with Crippen LogP contribution in [0.2, 0.25) is 0 Å². The van der Waals surface area contributed by atoms with Gasteiger partial charge in [-0.05, 0) is 12.5 Å². The second kappa shape index (κ2) is 6.05. The Balaban J connectivity index is 3.50. The Hall–Kier alpha value is -0.520. The van der Waals surface area contributed by atoms with Gasteiger partial charge in [0.25, 0.3) is 0 Å². The molecule has 0 aromatic carbocycles. The van der Waals surface area contributed by atoms with Crippen LogP contribution < -0.4 is 4.72 Å². The highest BCUT2D eigenvalue weighted by atomic mass is 32.2. The maximum absolute atomic E-state index is 10.9. The number of rotatable bonds is 6. The summed E-state index contributed by atoms with van der Waals surface area (Å²) < 4.78 is 17.5. The van der Waals surface area contributed by atoms with E-state index < -0.39 is 11.3 Å². The lowest BCUT2D eigenvalue weighted by Crippen LogP contribution is -2.21. The summed E-state index contributed by atoms with van der Waals surface area (Å²) in [7, 11) is 1.32. The Labute approximate surface area is 74.8 Å². The molecule has 0 aromatic rings. The van der Waals surface area contributed by atoms with Gasteiger partial charge in [-0.1, -0.05) is 6.58 Å². The van der Waals surface area contributed by atoms with Gasteiger partial charge in [-0.2, -0.15) is 0 Å². The Morgan fingerprint density at radius 2 is 2.25 bits per heavy atom. The van der Waals surface area contributed by atoms with Crippen LogP contribution in [-0.2, 0) is 20.2 Å². The molecule has 5 heteroatoms. The van der Waals surface area contributed by atoms with Crippen LogP contribution in [-0.4, -0.2) is 23.6 Å². The van der Waals surface area contributed by atoms with E-state index in [4.69, 9.17) is 0 Å². The lowest BCUT2D eigenvalue weighted by Gasteiger charge is -2.00. The number of Topliss-reactive ketones (excluding diaryl/α,β-unsaturated/α-hetero) is 1. The maximum Gasteiger partial charge on any atom is 0.234 e. The van der Waals surface area contributed by atoms with Gasteiger partial charge in [0, 0.05) is 13.0 Å². The number of hydrogen-bond donors (Lipinski definition) is 1. The van der Waals surface area contributed by atoms with Gasteiger partial charge in [-0.3, -0.25) is 8.98 Å². The first kappa shape index (κ1) is 11.5. The van der Waals surface area contributed by atoms with E-state index in [2.05, 4.69) is 15.5 Å². The van der Waals surface area contributed by atoms with E-state index in [1.54, 1.807) is 6.92 Å². The zero-order chi connectivity index (χ0) is 9.56. The molecular weight excluding hydrogens is 178 g/mol. The maximum atomic E-state index is 10.9. The molecule has 0 saturated carbocycles. The molecule has 70 valence electrons. The van der Waals surface area contributed by atoms with Gasteiger partial charge in [-0.25, -0.2) is 8.93 Å². The van der Waals surface area contributed by atoms with Gasteiger partial charge in [0.05, 0.1) is 7.11 Å². The van der Waals surface area contributed by atoms with Crippen molar-refractivity contribution in [2.24, 2.45) is 0 Å². The number of allylic oxidation sites excluding steroid dienone is 1. The van der Waals surface area contributed by atoms with E-state index >= 15 is 0 Å². The molecule has 0 radical (unpaired) electrons. The van der Waals surface area contributed by atoms with Crippen LogP contribution in [0.15, 0.2) is 12.2 Å². The molecule has 0 aliphatic carbocycles. The molecule has 12 heavy (non-hydrogen) atoms. The van der Waals surface area contributed by atoms with E-state index in [1.807, 2.05) is 0 Å². The van der Waals surface area contributed by atoms with E-state index in [9.17, 15) is 9.00 Å². The average Bonchev–Trinajstić information content (AvgIpc) is 2.03. The monoisotopic (exact) mass is 191 g/mol. The molecular formula is C7H13NO3S. The van der Waals surface area contributed by atoms with E-state index in [1.165, 1.54) is 7.11 Å². The normalized spacial score (nSPS) is 12.5. The van der Waals surface area contributed by atoms with Crippen molar-refractivity contribution in [3.63, 3.8) is 0 Å². The summed E-state index contributed by atoms with van der Waals surface area (Å²) in [6.07, 6.45) is 0.296. The fourth-order valence-corrected chi connectivity index (χ4v) is 0.907. The Bertz CT molecular complexity index is 203. The fourth-order valence-electron chi connectivity index (χ4n) is 0.520. The molecule has 0 bridgehead atoms. The smallest absolute Gasteiger partial charge is 0.234 e. The van der Waals surface area contributed by atoms with Crippen LogP contribution in [0.1, 0.15) is 13.3 Å². The van der Waals surface area contributed by atoms with Crippen molar-refractivity contribution in [3.8, 4) is 0 Å². The third kappa shape index (κ3) is 5.17. The topological polar surface area (TPSA) is 55.4 Å². The zero-order valence-electron chi connectivity index (χ0n) is 7.25. The van der Waals surface area contributed by atoms with Crippen molar-refractivity contribution in [2.45, 2.75) is 13.3 Å². The van der Waals surface area contributed by atoms with Crippen LogP contribution in [0, 0.1) is 0 Å². The molecule has 0 fully saturated rings. The average molecular weight is 191 g/mol. The summed E-state index contributed by atoms with van der Waals surface area (Å²) in [5.41, 5.74) is 0.514. The highest BCUT2D eigenvalue weighted by Crippen LogP contribution is 1.93. The molecule has 0 aliphatic heterocycles. The summed E-state index contributed by atoms with van der Waals surface area (Å²) >= 11 is -1.49. The minimum Gasteiger partial charge on any atom is -0.295 e. The van der Waals surface area contributed by atoms with Crippen molar-refractivity contribution >= 4 is 17.0 Å². The molecule has 4 nitrogen and oxygen atoms in total. The molecule has 0 rings (SSSR count). The third-order valence-corrected chi connectivity index (χ3v) is 1.94. The predicted octanol–water partition coefficient (Wildman–Crippen LogP) is 0.336. The first-order chi connectivity index (χ1) is 5.57. The van der Waals surface area contributed by atoms with E-state index in [0.717, 1.165) is 0 Å². The first-order valence-corrected chi connectivity index (χ1v) is 4.54. The quantitative estimate of drug-likeness (QED) is 0.616. The molecule has 0 amide bonds. The molecule has 0 aliphatic rings. The zero-order valence-corrected chi connectivity index (χ0v) is 8.07. The van der Waals surface area contributed by atoms with Crippen molar-refractivity contribution in [3.05, 3.63) is 12.2 Å². The lowest BCUT2D eigenvalue weighted by molar-refractivity contribution is -0.115. The van der Waals surface area contributed by atoms with Crippen molar-refractivity contribution in [1.82, 2.24) is 4.72 Å². The number of hydrogen-bond acceptors (Lipinski definition) is 3. The lowest BCUT2D eigenvalue weighted by atomic mass is 10.2. The van der Waals surface area contributed by atoms with Crippen molar-refractivity contribution in [2.75, 3.05) is 13.7 Å². The standard InChI is InChI=1S/C7H13NO3S/c1-6(2)7(9)4-5-8-12(10)11-3/h8H,1,4-5H2,2-3H3. The van der Waals surface area contributed by atoms with Crippen molar-refractivity contribution in [1.29, 1.82) is 0 Å². The van der Waals surface area contributed by atoms with E-state index in [0.29, 0.717) is 18.5 Å². The molecule has 0 heterocycles. The Morgan fingerprint density at radius 3 is 2.67 bits per heavy atom. The minimum atomic E-state index is -1.49. The van der Waals surface area contributed by atoms with Gasteiger partial charge < -0.3 is 0 Å². The largest absolute Gasteiger partial charge is 0.295 e. The third-order valence-electron chi connectivity index (χ3n) is 1.20. The van der Waals surface area contributed by atoms with Crippen LogP contribution in [0.25, 0.3) is 0 Å². The minimum absolute atomic E-state index is 0.0318. The second-order valence-electron chi connectivity index (χ2n) is 2.25. The van der Waals surface area contributed by atoms with Crippen LogP contribution in [0.5, 0.6) is 0 Å². The van der Waals surface area contributed by atoms with Crippen LogP contribution in [0.3, 0.4) is 0 Å². The van der Waals surface area contributed by atoms with Gasteiger partial charge in [0.1, 0.15) is 0 Å². The number of carbonyl (C=O) groups excluding carboxylic acids is 1. The Morgan fingerprint density at radius 1 is 1.67 bits per heavy atom. The highest BCUT2D eigenvalue weighted by molar-refractivity contribution is 7.78. The van der Waals surface area contributed by atoms with Crippen molar-refractivity contribution < 1.29 is 13.2 Å². The number of nitrogens with one attached hydrogen (secondary N) is 1. The summed E-state index contributed by atoms with van der Waals surface area (Å²) in [4.78, 5) is 10.9. The SMILES string of the molecule is C=C(C)C(=O)CCNS(=O)OC. The van der Waals surface area contributed by atoms with E-state index in [-0.39, 0.29) is 5.78 Å². The van der Waals surface area contributed by atoms with Gasteiger partial charge in [0.15, 0.2) is 5.78 Å². The first-order valence-electron chi connectivity index (χ1n) is 3.46. The summed E-state index contributed by atoms with van der Waals surface area (Å²) in [5.74, 6) is -0.0318. The van der Waals surface area contributed by atoms with Gasteiger partial charge >= 0.3 is 0 Å². The number of ketones is 1. The molecule has 1 atom stereocenters. The molecule has 1 N–H and O–H groups in total. The van der Waals surface area contributed by atoms with Crippen LogP contribution in [0.4, 0.5) is 0 Å². The van der Waals surface area contributed by atoms with Crippen LogP contribution >= 0.6 is 0 Å². The fraction of sp³-hybridized carbons (Fsp3) is 0.571. The highest BCUT2D eigenvalue weighted by Gasteiger charge is 2.02. The summed E-state index contributed by atoms with van der Waals surface area (Å²) in [5, 5.41) is 0. The van der Waals surface area contributed by atoms with Gasteiger partial charge in [-0.15, -0.1) is 0 Å². The number of carbonyl (C=O) groups is 1. The summed E-state index contributed by atoms with van der Waals surface area (Å²) in [6.45, 7) is 5.48. The molecule has 0 spiro atoms. The molecule has 0 aromatic heterocycles. The molecule has 1 unspecified atom stereocenters. The molecule has 0 saturated heterocycles. The Kier molecular flexibility index (Phi) is 5.79. The van der Waals surface area contributed by atoms with Gasteiger partial charge in [0.2, 0.25) is 11.3 Å². The summed E-state index contributed by atoms with van der Waals surface area (Å²) in [6, 6.07) is 0.